The van der Waals surface area contributed by atoms with Crippen LogP contribution in [-0.4, -0.2) is 51.7 Å². The summed E-state index contributed by atoms with van der Waals surface area (Å²) in [4.78, 5) is 48.0. The van der Waals surface area contributed by atoms with Gasteiger partial charge in [0.05, 0.1) is 5.69 Å². The number of nitrogens with two attached hydrogens (primary N) is 1. The number of hydrogen-bond acceptors (Lipinski definition) is 7. The predicted octanol–water partition coefficient (Wildman–Crippen LogP) is -0.122. The topological polar surface area (TPSA) is 150 Å². The van der Waals surface area contributed by atoms with Gasteiger partial charge in [0.15, 0.2) is 0 Å². The Morgan fingerprint density at radius 1 is 1.23 bits per heavy atom. The molecule has 0 aliphatic carbocycles. The number of rotatable bonds is 8. The molecule has 26 heavy (non-hydrogen) atoms. The molecule has 0 saturated carbocycles. The van der Waals surface area contributed by atoms with Crippen LogP contribution in [0.5, 0.6) is 5.75 Å². The largest absolute Gasteiger partial charge is 0.508 e. The number of aliphatic carboxylic acids is 1. The molecule has 0 aliphatic rings. The molecular weight excluding hydrogens is 362 g/mol. The Bertz CT molecular complexity index is 679. The van der Waals surface area contributed by atoms with Gasteiger partial charge in [-0.2, -0.15) is 12.6 Å². The molecule has 5 N–H and O–H groups in total. The Morgan fingerprint density at radius 2 is 1.81 bits per heavy atom. The lowest BCUT2D eigenvalue weighted by atomic mass is 10.1. The van der Waals surface area contributed by atoms with Crippen molar-refractivity contribution in [2.75, 3.05) is 10.7 Å². The number of carbonyl (C=O) groups excluding carboxylic acids is 3. The van der Waals surface area contributed by atoms with Gasteiger partial charge in [-0.3, -0.25) is 19.2 Å². The Balaban J connectivity index is 2.84. The third-order valence-corrected chi connectivity index (χ3v) is 3.82. The highest BCUT2D eigenvalue weighted by Gasteiger charge is 2.29. The molecule has 0 heterocycles. The Morgan fingerprint density at radius 3 is 2.27 bits per heavy atom. The molecule has 0 aromatic heterocycles. The van der Waals surface area contributed by atoms with Gasteiger partial charge < -0.3 is 21.3 Å². The second kappa shape index (κ2) is 9.78. The van der Waals surface area contributed by atoms with Gasteiger partial charge in [0.25, 0.3) is 5.91 Å². The minimum absolute atomic E-state index is 0.0291. The molecule has 1 rings (SSSR count). The van der Waals surface area contributed by atoms with Gasteiger partial charge in [-0.25, -0.2) is 4.90 Å². The van der Waals surface area contributed by atoms with Crippen molar-refractivity contribution in [2.24, 2.45) is 5.73 Å². The lowest BCUT2D eigenvalue weighted by Gasteiger charge is -2.25. The fraction of sp³-hybridized carbons (Fsp3) is 0.375. The van der Waals surface area contributed by atoms with Gasteiger partial charge in [0.1, 0.15) is 17.8 Å². The van der Waals surface area contributed by atoms with Crippen molar-refractivity contribution in [1.29, 1.82) is 0 Å². The molecule has 3 amide bonds. The number of phenols is 1. The van der Waals surface area contributed by atoms with Gasteiger partial charge in [0.2, 0.25) is 11.8 Å². The zero-order chi connectivity index (χ0) is 19.9. The molecule has 0 bridgehead atoms. The summed E-state index contributed by atoms with van der Waals surface area (Å²) in [7, 11) is 0. The second-order valence-corrected chi connectivity index (χ2v) is 5.86. The highest BCUT2D eigenvalue weighted by atomic mass is 32.1. The van der Waals surface area contributed by atoms with Crippen molar-refractivity contribution in [3.8, 4) is 5.75 Å². The third kappa shape index (κ3) is 6.05. The first-order valence-electron chi connectivity index (χ1n) is 7.69. The van der Waals surface area contributed by atoms with Crippen LogP contribution in [0.25, 0.3) is 0 Å². The monoisotopic (exact) mass is 383 g/mol. The van der Waals surface area contributed by atoms with Gasteiger partial charge in [0, 0.05) is 19.1 Å². The number of carboxylic acids is 1. The number of nitrogens with zero attached hydrogens (tertiary/aromatic N) is 1. The summed E-state index contributed by atoms with van der Waals surface area (Å²) < 4.78 is 0. The number of imide groups is 1. The minimum atomic E-state index is -1.23. The van der Waals surface area contributed by atoms with E-state index in [0.717, 1.165) is 4.90 Å². The maximum atomic E-state index is 12.6. The van der Waals surface area contributed by atoms with Crippen molar-refractivity contribution in [2.45, 2.75) is 31.8 Å². The second-order valence-electron chi connectivity index (χ2n) is 5.50. The molecule has 10 heteroatoms. The van der Waals surface area contributed by atoms with E-state index in [4.69, 9.17) is 10.8 Å². The normalized spacial score (nSPS) is 12.7. The number of carboxylic acid groups (broad SMARTS) is 1. The molecule has 0 unspecified atom stereocenters. The fourth-order valence-corrected chi connectivity index (χ4v) is 2.33. The summed E-state index contributed by atoms with van der Waals surface area (Å²) in [6.07, 6.45) is -0.284. The molecule has 0 radical (unpaired) electrons. The first-order valence-corrected chi connectivity index (χ1v) is 8.32. The van der Waals surface area contributed by atoms with Gasteiger partial charge in [-0.1, -0.05) is 0 Å². The summed E-state index contributed by atoms with van der Waals surface area (Å²) in [5.74, 6) is -3.18. The highest BCUT2D eigenvalue weighted by Crippen LogP contribution is 2.20. The fourth-order valence-electron chi connectivity index (χ4n) is 2.08. The zero-order valence-corrected chi connectivity index (χ0v) is 15.0. The van der Waals surface area contributed by atoms with E-state index in [2.05, 4.69) is 17.9 Å². The molecule has 0 saturated heterocycles. The lowest BCUT2D eigenvalue weighted by molar-refractivity contribution is -0.139. The Hall–Kier alpha value is -2.59. The molecule has 1 aromatic rings. The van der Waals surface area contributed by atoms with E-state index in [1.165, 1.54) is 31.2 Å². The van der Waals surface area contributed by atoms with Crippen molar-refractivity contribution in [3.63, 3.8) is 0 Å². The maximum absolute atomic E-state index is 12.6. The smallest absolute Gasteiger partial charge is 0.320 e. The Labute approximate surface area is 155 Å². The average molecular weight is 383 g/mol. The number of aromatic hydroxyl groups is 1. The van der Waals surface area contributed by atoms with Gasteiger partial charge in [-0.05, 0) is 30.7 Å². The number of benzene rings is 1. The van der Waals surface area contributed by atoms with Crippen LogP contribution in [0.3, 0.4) is 0 Å². The number of carbonyl (C=O) groups is 4. The van der Waals surface area contributed by atoms with Crippen molar-refractivity contribution in [1.82, 2.24) is 5.32 Å². The number of anilines is 1. The SMILES string of the molecule is CC(=O)N(C(=O)[C@H](CS)NC(=O)CC[C@H](N)C(=O)O)c1ccc(O)cc1. The molecule has 0 fully saturated rings. The molecule has 1 aromatic carbocycles. The number of phenolic OH excluding ortho intramolecular Hbond substituents is 1. The number of amides is 3. The quantitative estimate of drug-likeness (QED) is 0.393. The number of thiol groups is 1. The zero-order valence-electron chi connectivity index (χ0n) is 14.1. The van der Waals surface area contributed by atoms with Crippen LogP contribution in [0.15, 0.2) is 24.3 Å². The molecule has 142 valence electrons. The van der Waals surface area contributed by atoms with Crippen LogP contribution in [0.2, 0.25) is 0 Å². The first-order chi connectivity index (χ1) is 12.2. The maximum Gasteiger partial charge on any atom is 0.320 e. The van der Waals surface area contributed by atoms with E-state index in [1.807, 2.05) is 0 Å². The van der Waals surface area contributed by atoms with Crippen molar-refractivity contribution >= 4 is 42.0 Å². The van der Waals surface area contributed by atoms with Crippen LogP contribution in [-0.2, 0) is 19.2 Å². The van der Waals surface area contributed by atoms with E-state index >= 15 is 0 Å². The standard InChI is InChI=1S/C16H21N3O6S/c1-9(20)19(10-2-4-11(21)5-3-10)15(23)13(8-26)18-14(22)7-6-12(17)16(24)25/h2-5,12-13,21,26H,6-8,17H2,1H3,(H,18,22)(H,24,25)/t12-,13-/m0/s1. The average Bonchev–Trinajstić information content (AvgIpc) is 2.58. The van der Waals surface area contributed by atoms with Gasteiger partial charge >= 0.3 is 5.97 Å². The lowest BCUT2D eigenvalue weighted by Crippen LogP contribution is -2.51. The summed E-state index contributed by atoms with van der Waals surface area (Å²) in [6.45, 7) is 1.19. The first kappa shape index (κ1) is 21.5. The number of nitrogens with one attached hydrogen (secondary N) is 1. The van der Waals surface area contributed by atoms with Crippen molar-refractivity contribution < 1.29 is 29.4 Å². The Kier molecular flexibility index (Phi) is 8.07. The molecular formula is C16H21N3O6S. The van der Waals surface area contributed by atoms with Gasteiger partial charge in [-0.15, -0.1) is 0 Å². The molecule has 9 nitrogen and oxygen atoms in total. The third-order valence-electron chi connectivity index (χ3n) is 3.46. The van der Waals surface area contributed by atoms with E-state index in [1.54, 1.807) is 0 Å². The van der Waals surface area contributed by atoms with Crippen LogP contribution >= 0.6 is 12.6 Å². The predicted molar refractivity (Wildman–Crippen MR) is 96.9 cm³/mol. The highest BCUT2D eigenvalue weighted by molar-refractivity contribution is 7.80. The van der Waals surface area contributed by atoms with Crippen LogP contribution < -0.4 is 16.0 Å². The molecule has 0 spiro atoms. The minimum Gasteiger partial charge on any atom is -0.508 e. The van der Waals surface area contributed by atoms with E-state index in [-0.39, 0.29) is 30.0 Å². The van der Waals surface area contributed by atoms with Crippen LogP contribution in [0.4, 0.5) is 5.69 Å². The summed E-state index contributed by atoms with van der Waals surface area (Å²) in [5.41, 5.74) is 5.56. The summed E-state index contributed by atoms with van der Waals surface area (Å²) in [5, 5.41) is 20.4. The van der Waals surface area contributed by atoms with E-state index in [0.29, 0.717) is 0 Å². The van der Waals surface area contributed by atoms with E-state index in [9.17, 15) is 24.3 Å². The van der Waals surface area contributed by atoms with Crippen LogP contribution in [0.1, 0.15) is 19.8 Å². The molecule has 2 atom stereocenters. The van der Waals surface area contributed by atoms with E-state index < -0.39 is 35.8 Å². The van der Waals surface area contributed by atoms with Crippen LogP contribution in [0, 0.1) is 0 Å². The number of hydrogen-bond donors (Lipinski definition) is 5. The summed E-state index contributed by atoms with van der Waals surface area (Å²) in [6, 6.07) is 3.14. The summed E-state index contributed by atoms with van der Waals surface area (Å²) >= 11 is 4.03. The van der Waals surface area contributed by atoms with Crippen molar-refractivity contribution in [3.05, 3.63) is 24.3 Å². The molecule has 0 aliphatic heterocycles.